The van der Waals surface area contributed by atoms with E-state index in [1.54, 1.807) is 30.3 Å². The number of nitrogens with one attached hydrogen (secondary N) is 2. The van der Waals surface area contributed by atoms with Gasteiger partial charge in [0.1, 0.15) is 0 Å². The summed E-state index contributed by atoms with van der Waals surface area (Å²) in [7, 11) is 0. The average Bonchev–Trinajstić information content (AvgIpc) is 2.81. The third kappa shape index (κ3) is 2.75. The highest BCUT2D eigenvalue weighted by Gasteiger charge is 2.09. The zero-order chi connectivity index (χ0) is 15.0. The van der Waals surface area contributed by atoms with E-state index in [1.807, 2.05) is 13.0 Å². The quantitative estimate of drug-likeness (QED) is 0.746. The Morgan fingerprint density at radius 3 is 2.81 bits per heavy atom. The number of aromatic nitrogens is 1. The minimum atomic E-state index is -0.518. The zero-order valence-corrected chi connectivity index (χ0v) is 12.7. The second kappa shape index (κ2) is 5.21. The van der Waals surface area contributed by atoms with E-state index in [0.717, 1.165) is 10.0 Å². The topological polar surface area (TPSA) is 75.1 Å². The first-order valence-electron chi connectivity index (χ1n) is 6.23. The van der Waals surface area contributed by atoms with Gasteiger partial charge in [0.2, 0.25) is 0 Å². The first-order valence-corrected chi connectivity index (χ1v) is 7.02. The zero-order valence-electron chi connectivity index (χ0n) is 11.1. The Bertz CT molecular complexity index is 895. The Hall–Kier alpha value is -2.34. The SMILES string of the molecule is Cc1ccc(C(=O)Nc2ccc3oc(=O)[nH]c3c2)cc1Br. The van der Waals surface area contributed by atoms with Crippen molar-refractivity contribution in [3.63, 3.8) is 0 Å². The van der Waals surface area contributed by atoms with Crippen molar-refractivity contribution in [1.29, 1.82) is 0 Å². The van der Waals surface area contributed by atoms with Crippen LogP contribution in [0.25, 0.3) is 11.1 Å². The van der Waals surface area contributed by atoms with Crippen LogP contribution in [0.1, 0.15) is 15.9 Å². The molecule has 106 valence electrons. The standard InChI is InChI=1S/C15H11BrN2O3/c1-8-2-3-9(6-11(8)16)14(19)17-10-4-5-13-12(7-10)18-15(20)21-13/h2-7H,1H3,(H,17,19)(H,18,20). The van der Waals surface area contributed by atoms with E-state index in [2.05, 4.69) is 26.2 Å². The Balaban J connectivity index is 1.88. The minimum Gasteiger partial charge on any atom is -0.408 e. The molecule has 0 fully saturated rings. The van der Waals surface area contributed by atoms with Gasteiger partial charge in [0.05, 0.1) is 5.52 Å². The molecule has 21 heavy (non-hydrogen) atoms. The number of benzene rings is 2. The molecular weight excluding hydrogens is 336 g/mol. The highest BCUT2D eigenvalue weighted by molar-refractivity contribution is 9.10. The summed E-state index contributed by atoms with van der Waals surface area (Å²) in [5.74, 6) is -0.739. The van der Waals surface area contributed by atoms with Crippen molar-refractivity contribution in [2.45, 2.75) is 6.92 Å². The number of H-pyrrole nitrogens is 1. The third-order valence-corrected chi connectivity index (χ3v) is 3.97. The minimum absolute atomic E-state index is 0.221. The summed E-state index contributed by atoms with van der Waals surface area (Å²) in [6, 6.07) is 10.4. The summed E-state index contributed by atoms with van der Waals surface area (Å²) in [4.78, 5) is 25.8. The maximum Gasteiger partial charge on any atom is 0.417 e. The van der Waals surface area contributed by atoms with Gasteiger partial charge in [-0.1, -0.05) is 22.0 Å². The van der Waals surface area contributed by atoms with Gasteiger partial charge in [0.25, 0.3) is 5.91 Å². The van der Waals surface area contributed by atoms with Gasteiger partial charge >= 0.3 is 5.76 Å². The third-order valence-electron chi connectivity index (χ3n) is 3.11. The lowest BCUT2D eigenvalue weighted by Gasteiger charge is -2.06. The molecule has 1 aromatic heterocycles. The number of fused-ring (bicyclic) bond motifs is 1. The first-order chi connectivity index (χ1) is 10.0. The van der Waals surface area contributed by atoms with E-state index in [-0.39, 0.29) is 5.91 Å². The molecule has 5 nitrogen and oxygen atoms in total. The second-order valence-electron chi connectivity index (χ2n) is 4.64. The van der Waals surface area contributed by atoms with E-state index in [1.165, 1.54) is 0 Å². The van der Waals surface area contributed by atoms with E-state index in [0.29, 0.717) is 22.4 Å². The fraction of sp³-hybridized carbons (Fsp3) is 0.0667. The molecule has 0 saturated heterocycles. The molecule has 0 aliphatic heterocycles. The van der Waals surface area contributed by atoms with E-state index < -0.39 is 5.76 Å². The summed E-state index contributed by atoms with van der Waals surface area (Å²) in [5.41, 5.74) is 3.19. The van der Waals surface area contributed by atoms with Gasteiger partial charge in [-0.15, -0.1) is 0 Å². The van der Waals surface area contributed by atoms with Gasteiger partial charge in [0.15, 0.2) is 5.58 Å². The predicted molar refractivity (Wildman–Crippen MR) is 83.7 cm³/mol. The Labute approximate surface area is 128 Å². The number of anilines is 1. The number of rotatable bonds is 2. The number of oxazole rings is 1. The van der Waals surface area contributed by atoms with Crippen LogP contribution in [-0.4, -0.2) is 10.9 Å². The number of hydrogen-bond donors (Lipinski definition) is 2. The predicted octanol–water partition coefficient (Wildman–Crippen LogP) is 3.44. The molecule has 0 saturated carbocycles. The van der Waals surface area contributed by atoms with Crippen molar-refractivity contribution in [3.05, 3.63) is 62.5 Å². The molecule has 3 aromatic rings. The number of aryl methyl sites for hydroxylation is 1. The van der Waals surface area contributed by atoms with Crippen molar-refractivity contribution >= 4 is 38.6 Å². The normalized spacial score (nSPS) is 10.8. The molecule has 3 rings (SSSR count). The molecule has 0 spiro atoms. The van der Waals surface area contributed by atoms with Crippen LogP contribution in [0.2, 0.25) is 0 Å². The number of aromatic amines is 1. The van der Waals surface area contributed by atoms with Crippen molar-refractivity contribution in [2.24, 2.45) is 0 Å². The molecule has 0 aliphatic rings. The van der Waals surface area contributed by atoms with E-state index >= 15 is 0 Å². The van der Waals surface area contributed by atoms with Gasteiger partial charge < -0.3 is 9.73 Å². The maximum atomic E-state index is 12.2. The molecule has 0 radical (unpaired) electrons. The number of carbonyl (C=O) groups excluding carboxylic acids is 1. The van der Waals surface area contributed by atoms with Crippen LogP contribution < -0.4 is 11.1 Å². The lowest BCUT2D eigenvalue weighted by molar-refractivity contribution is 0.102. The molecule has 1 heterocycles. The molecule has 0 atom stereocenters. The molecule has 0 aliphatic carbocycles. The van der Waals surface area contributed by atoms with Crippen LogP contribution in [0.4, 0.5) is 5.69 Å². The van der Waals surface area contributed by atoms with Gasteiger partial charge in [-0.25, -0.2) is 4.79 Å². The van der Waals surface area contributed by atoms with Crippen LogP contribution in [0.5, 0.6) is 0 Å². The van der Waals surface area contributed by atoms with Crippen LogP contribution in [0, 0.1) is 6.92 Å². The summed E-state index contributed by atoms with van der Waals surface area (Å²) < 4.78 is 5.79. The fourth-order valence-corrected chi connectivity index (χ4v) is 2.35. The molecule has 0 bridgehead atoms. The number of carbonyl (C=O) groups is 1. The maximum absolute atomic E-state index is 12.2. The fourth-order valence-electron chi connectivity index (χ4n) is 1.97. The number of amides is 1. The van der Waals surface area contributed by atoms with E-state index in [4.69, 9.17) is 4.42 Å². The van der Waals surface area contributed by atoms with Gasteiger partial charge in [-0.3, -0.25) is 9.78 Å². The molecule has 6 heteroatoms. The lowest BCUT2D eigenvalue weighted by atomic mass is 10.1. The molecule has 2 N–H and O–H groups in total. The average molecular weight is 347 g/mol. The molecule has 1 amide bonds. The monoisotopic (exact) mass is 346 g/mol. The summed E-state index contributed by atoms with van der Waals surface area (Å²) in [6.45, 7) is 1.95. The Morgan fingerprint density at radius 2 is 2.05 bits per heavy atom. The summed E-state index contributed by atoms with van der Waals surface area (Å²) in [5, 5.41) is 2.78. The smallest absolute Gasteiger partial charge is 0.408 e. The molecular formula is C15H11BrN2O3. The van der Waals surface area contributed by atoms with Gasteiger partial charge in [-0.2, -0.15) is 0 Å². The largest absolute Gasteiger partial charge is 0.417 e. The summed E-state index contributed by atoms with van der Waals surface area (Å²) in [6.07, 6.45) is 0. The van der Waals surface area contributed by atoms with Crippen LogP contribution in [0.3, 0.4) is 0 Å². The van der Waals surface area contributed by atoms with Crippen molar-refractivity contribution < 1.29 is 9.21 Å². The Kier molecular flexibility index (Phi) is 3.39. The van der Waals surface area contributed by atoms with Gasteiger partial charge in [-0.05, 0) is 42.8 Å². The van der Waals surface area contributed by atoms with Crippen LogP contribution in [-0.2, 0) is 0 Å². The van der Waals surface area contributed by atoms with Crippen LogP contribution >= 0.6 is 15.9 Å². The highest BCUT2D eigenvalue weighted by Crippen LogP contribution is 2.20. The highest BCUT2D eigenvalue weighted by atomic mass is 79.9. The molecule has 0 unspecified atom stereocenters. The van der Waals surface area contributed by atoms with E-state index in [9.17, 15) is 9.59 Å². The van der Waals surface area contributed by atoms with Gasteiger partial charge in [0, 0.05) is 15.7 Å². The first kappa shape index (κ1) is 13.6. The van der Waals surface area contributed by atoms with Crippen molar-refractivity contribution in [3.8, 4) is 0 Å². The number of halogens is 1. The number of hydrogen-bond acceptors (Lipinski definition) is 3. The van der Waals surface area contributed by atoms with Crippen molar-refractivity contribution in [2.75, 3.05) is 5.32 Å². The summed E-state index contributed by atoms with van der Waals surface area (Å²) >= 11 is 3.40. The van der Waals surface area contributed by atoms with Crippen molar-refractivity contribution in [1.82, 2.24) is 4.98 Å². The Morgan fingerprint density at radius 1 is 1.24 bits per heavy atom. The second-order valence-corrected chi connectivity index (χ2v) is 5.50. The molecule has 2 aromatic carbocycles. The van der Waals surface area contributed by atoms with Crippen LogP contribution in [0.15, 0.2) is 50.1 Å². The lowest BCUT2D eigenvalue weighted by Crippen LogP contribution is -2.11.